The number of rotatable bonds is 6. The van der Waals surface area contributed by atoms with Crippen molar-refractivity contribution in [1.82, 2.24) is 9.62 Å². The highest BCUT2D eigenvalue weighted by Gasteiger charge is 2.28. The second kappa shape index (κ2) is 8.67. The van der Waals surface area contributed by atoms with Crippen LogP contribution in [-0.2, 0) is 16.4 Å². The number of piperidine rings is 1. The lowest BCUT2D eigenvalue weighted by atomic mass is 10.0. The Morgan fingerprint density at radius 2 is 1.67 bits per heavy atom. The number of sulfonamides is 1. The SMILES string of the molecule is CC1CCN(S(=O)(=O)c2ccc(C(=O)NCCc3ccccc3)cc2)CC1. The van der Waals surface area contributed by atoms with E-state index in [-0.39, 0.29) is 10.8 Å². The third kappa shape index (κ3) is 4.96. The van der Waals surface area contributed by atoms with Gasteiger partial charge in [0.15, 0.2) is 0 Å². The van der Waals surface area contributed by atoms with Gasteiger partial charge in [0.05, 0.1) is 4.90 Å². The zero-order chi connectivity index (χ0) is 19.3. The van der Waals surface area contributed by atoms with Gasteiger partial charge in [-0.25, -0.2) is 8.42 Å². The van der Waals surface area contributed by atoms with Crippen LogP contribution in [0.2, 0.25) is 0 Å². The minimum atomic E-state index is -3.48. The van der Waals surface area contributed by atoms with Crippen molar-refractivity contribution < 1.29 is 13.2 Å². The molecule has 6 heteroatoms. The molecule has 0 saturated carbocycles. The van der Waals surface area contributed by atoms with E-state index in [1.165, 1.54) is 12.1 Å². The van der Waals surface area contributed by atoms with Crippen molar-refractivity contribution in [3.05, 3.63) is 65.7 Å². The molecule has 0 radical (unpaired) electrons. The highest BCUT2D eigenvalue weighted by Crippen LogP contribution is 2.23. The Bertz CT molecular complexity index is 856. The molecule has 1 N–H and O–H groups in total. The zero-order valence-corrected chi connectivity index (χ0v) is 16.4. The van der Waals surface area contributed by atoms with Gasteiger partial charge in [0.1, 0.15) is 0 Å². The third-order valence-corrected chi connectivity index (χ3v) is 6.95. The second-order valence-corrected chi connectivity index (χ2v) is 9.04. The number of hydrogen-bond donors (Lipinski definition) is 1. The molecule has 0 bridgehead atoms. The molecule has 2 aromatic carbocycles. The summed E-state index contributed by atoms with van der Waals surface area (Å²) in [7, 11) is -3.48. The van der Waals surface area contributed by atoms with Crippen LogP contribution in [0.15, 0.2) is 59.5 Å². The van der Waals surface area contributed by atoms with Crippen LogP contribution in [0.3, 0.4) is 0 Å². The van der Waals surface area contributed by atoms with E-state index in [4.69, 9.17) is 0 Å². The summed E-state index contributed by atoms with van der Waals surface area (Å²) in [6.45, 7) is 3.81. The van der Waals surface area contributed by atoms with Gasteiger partial charge in [-0.15, -0.1) is 0 Å². The fourth-order valence-corrected chi connectivity index (χ4v) is 4.69. The highest BCUT2D eigenvalue weighted by molar-refractivity contribution is 7.89. The molecule has 1 heterocycles. The van der Waals surface area contributed by atoms with Gasteiger partial charge in [-0.2, -0.15) is 4.31 Å². The van der Waals surface area contributed by atoms with Gasteiger partial charge >= 0.3 is 0 Å². The van der Waals surface area contributed by atoms with E-state index in [0.717, 1.165) is 24.8 Å². The molecular formula is C21H26N2O3S. The van der Waals surface area contributed by atoms with E-state index in [0.29, 0.717) is 31.1 Å². The summed E-state index contributed by atoms with van der Waals surface area (Å²) in [5.41, 5.74) is 1.63. The van der Waals surface area contributed by atoms with Crippen LogP contribution in [0.5, 0.6) is 0 Å². The van der Waals surface area contributed by atoms with Crippen LogP contribution in [0, 0.1) is 5.92 Å². The number of nitrogens with one attached hydrogen (secondary N) is 1. The van der Waals surface area contributed by atoms with Gasteiger partial charge in [0.25, 0.3) is 5.91 Å². The van der Waals surface area contributed by atoms with Gasteiger partial charge < -0.3 is 5.32 Å². The van der Waals surface area contributed by atoms with Crippen LogP contribution >= 0.6 is 0 Å². The van der Waals surface area contributed by atoms with Crippen LogP contribution in [0.1, 0.15) is 35.7 Å². The van der Waals surface area contributed by atoms with E-state index in [2.05, 4.69) is 12.2 Å². The van der Waals surface area contributed by atoms with Crippen LogP contribution in [0.4, 0.5) is 0 Å². The zero-order valence-electron chi connectivity index (χ0n) is 15.6. The fourth-order valence-electron chi connectivity index (χ4n) is 3.22. The highest BCUT2D eigenvalue weighted by atomic mass is 32.2. The van der Waals surface area contributed by atoms with E-state index in [1.54, 1.807) is 16.4 Å². The number of carbonyl (C=O) groups is 1. The van der Waals surface area contributed by atoms with E-state index in [9.17, 15) is 13.2 Å². The first-order valence-corrected chi connectivity index (χ1v) is 10.8. The molecule has 0 spiro atoms. The summed E-state index contributed by atoms with van der Waals surface area (Å²) in [4.78, 5) is 12.5. The molecular weight excluding hydrogens is 360 g/mol. The van der Waals surface area contributed by atoms with Crippen molar-refractivity contribution in [2.45, 2.75) is 31.1 Å². The predicted octanol–water partition coefficient (Wildman–Crippen LogP) is 3.08. The lowest BCUT2D eigenvalue weighted by Crippen LogP contribution is -2.37. The Balaban J connectivity index is 1.58. The molecule has 5 nitrogen and oxygen atoms in total. The third-order valence-electron chi connectivity index (χ3n) is 5.04. The van der Waals surface area contributed by atoms with E-state index in [1.807, 2.05) is 30.3 Å². The Hall–Kier alpha value is -2.18. The molecule has 0 aromatic heterocycles. The summed E-state index contributed by atoms with van der Waals surface area (Å²) in [6, 6.07) is 16.2. The molecule has 1 aliphatic heterocycles. The summed E-state index contributed by atoms with van der Waals surface area (Å²) >= 11 is 0. The molecule has 1 saturated heterocycles. The standard InChI is InChI=1S/C21H26N2O3S/c1-17-12-15-23(16-13-17)27(25,26)20-9-7-19(8-10-20)21(24)22-14-11-18-5-3-2-4-6-18/h2-10,17H,11-16H2,1H3,(H,22,24). The molecule has 1 fully saturated rings. The number of hydrogen-bond acceptors (Lipinski definition) is 3. The largest absolute Gasteiger partial charge is 0.352 e. The molecule has 0 atom stereocenters. The quantitative estimate of drug-likeness (QED) is 0.830. The first kappa shape index (κ1) is 19.6. The monoisotopic (exact) mass is 386 g/mol. The molecule has 3 rings (SSSR count). The normalized spacial score (nSPS) is 16.2. The molecule has 1 amide bonds. The first-order valence-electron chi connectivity index (χ1n) is 9.39. The Morgan fingerprint density at radius 3 is 2.30 bits per heavy atom. The van der Waals surface area contributed by atoms with Gasteiger partial charge in [-0.3, -0.25) is 4.79 Å². The molecule has 27 heavy (non-hydrogen) atoms. The van der Waals surface area contributed by atoms with Crippen molar-refractivity contribution in [1.29, 1.82) is 0 Å². The van der Waals surface area contributed by atoms with Gasteiger partial charge in [0.2, 0.25) is 10.0 Å². The Kier molecular flexibility index (Phi) is 6.29. The smallest absolute Gasteiger partial charge is 0.251 e. The van der Waals surface area contributed by atoms with E-state index < -0.39 is 10.0 Å². The average Bonchev–Trinajstić information content (AvgIpc) is 2.69. The van der Waals surface area contributed by atoms with Crippen molar-refractivity contribution >= 4 is 15.9 Å². The van der Waals surface area contributed by atoms with Crippen molar-refractivity contribution in [3.63, 3.8) is 0 Å². The maximum absolute atomic E-state index is 12.7. The van der Waals surface area contributed by atoms with Gasteiger partial charge in [-0.05, 0) is 55.0 Å². The summed E-state index contributed by atoms with van der Waals surface area (Å²) < 4.78 is 27.0. The van der Waals surface area contributed by atoms with Gasteiger partial charge in [-0.1, -0.05) is 37.3 Å². The van der Waals surface area contributed by atoms with Crippen molar-refractivity contribution in [3.8, 4) is 0 Å². The minimum absolute atomic E-state index is 0.193. The summed E-state index contributed by atoms with van der Waals surface area (Å²) in [5.74, 6) is 0.375. The minimum Gasteiger partial charge on any atom is -0.352 e. The number of nitrogens with zero attached hydrogens (tertiary/aromatic N) is 1. The van der Waals surface area contributed by atoms with Crippen molar-refractivity contribution in [2.75, 3.05) is 19.6 Å². The fraction of sp³-hybridized carbons (Fsp3) is 0.381. The lowest BCUT2D eigenvalue weighted by molar-refractivity contribution is 0.0954. The number of carbonyl (C=O) groups excluding carboxylic acids is 1. The van der Waals surface area contributed by atoms with Crippen LogP contribution in [0.25, 0.3) is 0 Å². The Morgan fingerprint density at radius 1 is 1.04 bits per heavy atom. The molecule has 0 aliphatic carbocycles. The van der Waals surface area contributed by atoms with E-state index >= 15 is 0 Å². The topological polar surface area (TPSA) is 66.5 Å². The van der Waals surface area contributed by atoms with Crippen LogP contribution in [-0.4, -0.2) is 38.3 Å². The van der Waals surface area contributed by atoms with Crippen LogP contribution < -0.4 is 5.32 Å². The first-order chi connectivity index (χ1) is 13.0. The van der Waals surface area contributed by atoms with Crippen molar-refractivity contribution in [2.24, 2.45) is 5.92 Å². The maximum Gasteiger partial charge on any atom is 0.251 e. The number of amides is 1. The molecule has 1 aliphatic rings. The number of benzene rings is 2. The van der Waals surface area contributed by atoms with Gasteiger partial charge in [0, 0.05) is 25.2 Å². The summed E-state index contributed by atoms with van der Waals surface area (Å²) in [5, 5.41) is 2.88. The summed E-state index contributed by atoms with van der Waals surface area (Å²) in [6.07, 6.45) is 2.54. The predicted molar refractivity (Wildman–Crippen MR) is 106 cm³/mol. The molecule has 0 unspecified atom stereocenters. The Labute approximate surface area is 161 Å². The average molecular weight is 387 g/mol. The molecule has 2 aromatic rings. The molecule has 144 valence electrons. The second-order valence-electron chi connectivity index (χ2n) is 7.10. The maximum atomic E-state index is 12.7. The lowest BCUT2D eigenvalue weighted by Gasteiger charge is -2.29.